The van der Waals surface area contributed by atoms with E-state index in [0.717, 1.165) is 17.7 Å². The van der Waals surface area contributed by atoms with Crippen LogP contribution in [0.1, 0.15) is 35.1 Å². The van der Waals surface area contributed by atoms with Crippen molar-refractivity contribution in [1.82, 2.24) is 4.90 Å². The summed E-state index contributed by atoms with van der Waals surface area (Å²) in [6.45, 7) is 4.18. The van der Waals surface area contributed by atoms with E-state index >= 15 is 0 Å². The van der Waals surface area contributed by atoms with Crippen molar-refractivity contribution < 1.29 is 9.84 Å². The lowest BCUT2D eigenvalue weighted by molar-refractivity contribution is -0.149. The Hall–Kier alpha value is -2.19. The fraction of sp³-hybridized carbons (Fsp3) is 0.409. The molecule has 2 fully saturated rings. The predicted molar refractivity (Wildman–Crippen MR) is 99.4 cm³/mol. The van der Waals surface area contributed by atoms with Crippen LogP contribution in [0.25, 0.3) is 0 Å². The molecule has 0 radical (unpaired) electrons. The first-order valence-electron chi connectivity index (χ1n) is 9.20. The Bertz CT molecular complexity index is 814. The number of fused-ring (bicyclic) bond motifs is 2. The molecule has 4 rings (SSSR count). The second kappa shape index (κ2) is 6.85. The van der Waals surface area contributed by atoms with Crippen molar-refractivity contribution in [2.45, 2.75) is 44.0 Å². The molecule has 26 heavy (non-hydrogen) atoms. The average Bonchev–Trinajstić information content (AvgIpc) is 2.64. The number of benzene rings is 2. The highest BCUT2D eigenvalue weighted by atomic mass is 16.5. The minimum atomic E-state index is -0.900. The highest BCUT2D eigenvalue weighted by molar-refractivity contribution is 5.41. The minimum Gasteiger partial charge on any atom is -0.385 e. The molecule has 2 saturated heterocycles. The van der Waals surface area contributed by atoms with E-state index in [1.54, 1.807) is 0 Å². The summed E-state index contributed by atoms with van der Waals surface area (Å²) in [6.07, 6.45) is 1.26. The number of rotatable bonds is 3. The Morgan fingerprint density at radius 1 is 1.15 bits per heavy atom. The van der Waals surface area contributed by atoms with Crippen LogP contribution in [0.3, 0.4) is 0 Å². The molecular formula is C22H24N2O2. The highest BCUT2D eigenvalue weighted by Crippen LogP contribution is 2.42. The van der Waals surface area contributed by atoms with Gasteiger partial charge in [0.1, 0.15) is 0 Å². The van der Waals surface area contributed by atoms with Gasteiger partial charge in [-0.1, -0.05) is 36.4 Å². The van der Waals surface area contributed by atoms with Crippen molar-refractivity contribution in [3.63, 3.8) is 0 Å². The van der Waals surface area contributed by atoms with Crippen molar-refractivity contribution in [2.24, 2.45) is 0 Å². The maximum atomic E-state index is 11.5. The van der Waals surface area contributed by atoms with E-state index in [9.17, 15) is 10.4 Å². The van der Waals surface area contributed by atoms with Crippen LogP contribution in [-0.4, -0.2) is 35.3 Å². The van der Waals surface area contributed by atoms with Crippen molar-refractivity contribution in [1.29, 1.82) is 5.26 Å². The summed E-state index contributed by atoms with van der Waals surface area (Å²) in [5.74, 6) is 0. The van der Waals surface area contributed by atoms with Crippen LogP contribution in [0.2, 0.25) is 0 Å². The summed E-state index contributed by atoms with van der Waals surface area (Å²) < 4.78 is 5.80. The van der Waals surface area contributed by atoms with Gasteiger partial charge in [0.2, 0.25) is 0 Å². The summed E-state index contributed by atoms with van der Waals surface area (Å²) in [4.78, 5) is 2.48. The van der Waals surface area contributed by atoms with Crippen molar-refractivity contribution >= 4 is 0 Å². The van der Waals surface area contributed by atoms with E-state index in [1.165, 1.54) is 5.56 Å². The first-order valence-corrected chi connectivity index (χ1v) is 9.20. The molecule has 2 unspecified atom stereocenters. The third-order valence-corrected chi connectivity index (χ3v) is 5.78. The number of nitrogens with zero attached hydrogens (tertiary/aromatic N) is 2. The zero-order valence-corrected chi connectivity index (χ0v) is 15.1. The summed E-state index contributed by atoms with van der Waals surface area (Å²) in [5, 5.41) is 20.8. The van der Waals surface area contributed by atoms with Crippen LogP contribution < -0.4 is 0 Å². The first kappa shape index (κ1) is 17.2. The van der Waals surface area contributed by atoms with Gasteiger partial charge in [-0.25, -0.2) is 0 Å². The number of aliphatic hydroxyl groups is 1. The lowest BCUT2D eigenvalue weighted by Crippen LogP contribution is -2.60. The van der Waals surface area contributed by atoms with Gasteiger partial charge in [0.15, 0.2) is 0 Å². The number of aryl methyl sites for hydroxylation is 1. The summed E-state index contributed by atoms with van der Waals surface area (Å²) in [5.41, 5.74) is 2.93. The second-order valence-corrected chi connectivity index (χ2v) is 7.58. The van der Waals surface area contributed by atoms with Crippen LogP contribution in [-0.2, 0) is 16.9 Å². The standard InChI is InChI=1S/C22H24N2O2/c1-16-7-8-18(12-23)9-21(16)22(25)10-19-14-26-15-20(11-22)24(19)13-17-5-3-2-4-6-17/h2-9,19-20,25H,10-11,13-15H2,1H3. The topological polar surface area (TPSA) is 56.5 Å². The first-order chi connectivity index (χ1) is 12.6. The van der Waals surface area contributed by atoms with Gasteiger partial charge in [-0.3, -0.25) is 4.90 Å². The fourth-order valence-electron chi connectivity index (χ4n) is 4.51. The summed E-state index contributed by atoms with van der Waals surface area (Å²) in [6, 6.07) is 18.6. The molecule has 0 aromatic heterocycles. The van der Waals surface area contributed by atoms with E-state index in [1.807, 2.05) is 31.2 Å². The SMILES string of the molecule is Cc1ccc(C#N)cc1C1(O)CC2COCC(C1)N2Cc1ccccc1. The molecule has 0 aliphatic carbocycles. The molecule has 0 amide bonds. The normalized spacial score (nSPS) is 28.5. The molecule has 2 heterocycles. The number of nitriles is 1. The smallest absolute Gasteiger partial charge is 0.0991 e. The molecular weight excluding hydrogens is 324 g/mol. The molecule has 2 aliphatic rings. The average molecular weight is 348 g/mol. The molecule has 0 spiro atoms. The maximum absolute atomic E-state index is 11.5. The molecule has 0 saturated carbocycles. The summed E-state index contributed by atoms with van der Waals surface area (Å²) in [7, 11) is 0. The van der Waals surface area contributed by atoms with Gasteiger partial charge in [-0.05, 0) is 48.6 Å². The monoisotopic (exact) mass is 348 g/mol. The van der Waals surface area contributed by atoms with E-state index in [-0.39, 0.29) is 12.1 Å². The van der Waals surface area contributed by atoms with Crippen LogP contribution in [0.5, 0.6) is 0 Å². The molecule has 134 valence electrons. The van der Waals surface area contributed by atoms with E-state index in [0.29, 0.717) is 31.6 Å². The van der Waals surface area contributed by atoms with Gasteiger partial charge in [0, 0.05) is 18.6 Å². The number of ether oxygens (including phenoxy) is 1. The van der Waals surface area contributed by atoms with Crippen LogP contribution >= 0.6 is 0 Å². The van der Waals surface area contributed by atoms with Gasteiger partial charge in [-0.2, -0.15) is 5.26 Å². The molecule has 2 aliphatic heterocycles. The summed E-state index contributed by atoms with van der Waals surface area (Å²) >= 11 is 0. The van der Waals surface area contributed by atoms with Crippen molar-refractivity contribution in [3.8, 4) is 6.07 Å². The van der Waals surface area contributed by atoms with Crippen molar-refractivity contribution in [2.75, 3.05) is 13.2 Å². The molecule has 2 atom stereocenters. The van der Waals surface area contributed by atoms with Crippen molar-refractivity contribution in [3.05, 3.63) is 70.8 Å². The number of hydrogen-bond acceptors (Lipinski definition) is 4. The molecule has 1 N–H and O–H groups in total. The quantitative estimate of drug-likeness (QED) is 0.926. The second-order valence-electron chi connectivity index (χ2n) is 7.58. The Balaban J connectivity index is 1.62. The van der Waals surface area contributed by atoms with Gasteiger partial charge >= 0.3 is 0 Å². The third kappa shape index (κ3) is 3.14. The van der Waals surface area contributed by atoms with Crippen LogP contribution in [0.4, 0.5) is 0 Å². The van der Waals surface area contributed by atoms with Gasteiger partial charge in [0.05, 0.1) is 30.4 Å². The third-order valence-electron chi connectivity index (χ3n) is 5.78. The zero-order chi connectivity index (χ0) is 18.1. The molecule has 2 aromatic carbocycles. The van der Waals surface area contributed by atoms with E-state index in [2.05, 4.69) is 35.2 Å². The minimum absolute atomic E-state index is 0.179. The fourth-order valence-corrected chi connectivity index (χ4v) is 4.51. The predicted octanol–water partition coefficient (Wildman–Crippen LogP) is 3.12. The Morgan fingerprint density at radius 2 is 1.85 bits per heavy atom. The maximum Gasteiger partial charge on any atom is 0.0991 e. The largest absolute Gasteiger partial charge is 0.385 e. The molecule has 4 nitrogen and oxygen atoms in total. The molecule has 2 aromatic rings. The van der Waals surface area contributed by atoms with Gasteiger partial charge in [0.25, 0.3) is 0 Å². The number of morpholine rings is 1. The molecule has 4 heteroatoms. The van der Waals surface area contributed by atoms with E-state index < -0.39 is 5.60 Å². The Labute approximate surface area is 154 Å². The zero-order valence-electron chi connectivity index (χ0n) is 15.1. The Kier molecular flexibility index (Phi) is 4.54. The lowest BCUT2D eigenvalue weighted by Gasteiger charge is -2.52. The number of piperidine rings is 1. The van der Waals surface area contributed by atoms with E-state index in [4.69, 9.17) is 4.74 Å². The Morgan fingerprint density at radius 3 is 2.50 bits per heavy atom. The van der Waals surface area contributed by atoms with Gasteiger partial charge < -0.3 is 9.84 Å². The lowest BCUT2D eigenvalue weighted by atomic mass is 9.75. The van der Waals surface area contributed by atoms with Crippen LogP contribution in [0, 0.1) is 18.3 Å². The molecule has 2 bridgehead atoms. The van der Waals surface area contributed by atoms with Crippen LogP contribution in [0.15, 0.2) is 48.5 Å². The van der Waals surface area contributed by atoms with Gasteiger partial charge in [-0.15, -0.1) is 0 Å². The number of hydrogen-bond donors (Lipinski definition) is 1. The highest BCUT2D eigenvalue weighted by Gasteiger charge is 2.47.